The normalized spacial score (nSPS) is 12.5. The molecule has 0 saturated heterocycles. The SMILES string of the molecule is Nc1c(Cl)cc(CC(N)C(=O)O)cc1I. The van der Waals surface area contributed by atoms with Gasteiger partial charge in [0.2, 0.25) is 0 Å². The lowest BCUT2D eigenvalue weighted by atomic mass is 10.1. The minimum atomic E-state index is -1.03. The van der Waals surface area contributed by atoms with Crippen LogP contribution in [0.4, 0.5) is 5.69 Å². The fourth-order valence-electron chi connectivity index (χ4n) is 1.10. The monoisotopic (exact) mass is 340 g/mol. The average molecular weight is 341 g/mol. The van der Waals surface area contributed by atoms with Gasteiger partial charge in [-0.05, 0) is 46.7 Å². The first-order valence-corrected chi connectivity index (χ1v) is 5.59. The highest BCUT2D eigenvalue weighted by molar-refractivity contribution is 14.1. The lowest BCUT2D eigenvalue weighted by molar-refractivity contribution is -0.138. The zero-order valence-corrected chi connectivity index (χ0v) is 10.6. The van der Waals surface area contributed by atoms with Gasteiger partial charge in [0.25, 0.3) is 0 Å². The second kappa shape index (κ2) is 5.00. The van der Waals surface area contributed by atoms with Gasteiger partial charge in [0.15, 0.2) is 0 Å². The minimum absolute atomic E-state index is 0.241. The Kier molecular flexibility index (Phi) is 4.18. The molecule has 0 spiro atoms. The summed E-state index contributed by atoms with van der Waals surface area (Å²) in [6, 6.07) is 2.51. The predicted molar refractivity (Wildman–Crippen MR) is 67.9 cm³/mol. The van der Waals surface area contributed by atoms with Gasteiger partial charge in [-0.3, -0.25) is 4.79 Å². The molecule has 0 fully saturated rings. The number of nitrogens with two attached hydrogens (primary N) is 2. The average Bonchev–Trinajstić information content (AvgIpc) is 2.13. The summed E-state index contributed by atoms with van der Waals surface area (Å²) in [5.41, 5.74) is 12.3. The number of nitrogen functional groups attached to an aromatic ring is 1. The second-order valence-electron chi connectivity index (χ2n) is 3.12. The van der Waals surface area contributed by atoms with Crippen LogP contribution in [0.1, 0.15) is 5.56 Å². The molecule has 0 saturated carbocycles. The van der Waals surface area contributed by atoms with Crippen LogP contribution in [0.3, 0.4) is 0 Å². The summed E-state index contributed by atoms with van der Waals surface area (Å²) in [4.78, 5) is 10.6. The summed E-state index contributed by atoms with van der Waals surface area (Å²) in [5.74, 6) is -1.03. The zero-order chi connectivity index (χ0) is 11.6. The van der Waals surface area contributed by atoms with Gasteiger partial charge in [-0.1, -0.05) is 11.6 Å². The molecule has 0 aliphatic rings. The molecule has 1 aromatic carbocycles. The standard InChI is InChI=1S/C9H10ClIN2O2/c10-5-1-4(2-6(11)8(5)13)3-7(12)9(14)15/h1-2,7H,3,12-13H2,(H,14,15). The summed E-state index contributed by atoms with van der Waals surface area (Å²) < 4.78 is 0.799. The molecule has 0 aliphatic carbocycles. The third kappa shape index (κ3) is 3.22. The number of halogens is 2. The molecular formula is C9H10ClIN2O2. The summed E-state index contributed by atoms with van der Waals surface area (Å²) in [6.07, 6.45) is 0.241. The van der Waals surface area contributed by atoms with Gasteiger partial charge in [0.1, 0.15) is 6.04 Å². The van der Waals surface area contributed by atoms with E-state index in [1.165, 1.54) is 0 Å². The molecule has 1 aromatic rings. The molecule has 0 aromatic heterocycles. The summed E-state index contributed by atoms with van der Waals surface area (Å²) in [6.45, 7) is 0. The maximum atomic E-state index is 10.6. The number of carboxylic acid groups (broad SMARTS) is 1. The van der Waals surface area contributed by atoms with Crippen LogP contribution in [0.25, 0.3) is 0 Å². The second-order valence-corrected chi connectivity index (χ2v) is 4.69. The van der Waals surface area contributed by atoms with Crippen molar-refractivity contribution in [3.05, 3.63) is 26.3 Å². The van der Waals surface area contributed by atoms with Crippen molar-refractivity contribution < 1.29 is 9.90 Å². The van der Waals surface area contributed by atoms with Crippen LogP contribution in [0.15, 0.2) is 12.1 Å². The van der Waals surface area contributed by atoms with Gasteiger partial charge in [-0.2, -0.15) is 0 Å². The fraction of sp³-hybridized carbons (Fsp3) is 0.222. The zero-order valence-electron chi connectivity index (χ0n) is 7.71. The number of benzene rings is 1. The molecule has 0 aliphatic heterocycles. The van der Waals surface area contributed by atoms with E-state index in [-0.39, 0.29) is 6.42 Å². The number of carbonyl (C=O) groups is 1. The van der Waals surface area contributed by atoms with Crippen molar-refractivity contribution in [1.82, 2.24) is 0 Å². The lowest BCUT2D eigenvalue weighted by Gasteiger charge is -2.09. The van der Waals surface area contributed by atoms with Gasteiger partial charge in [-0.25, -0.2) is 0 Å². The molecule has 0 heterocycles. The van der Waals surface area contributed by atoms with Crippen LogP contribution in [0, 0.1) is 3.57 Å². The summed E-state index contributed by atoms with van der Waals surface area (Å²) in [5, 5.41) is 9.08. The highest BCUT2D eigenvalue weighted by Gasteiger charge is 2.13. The number of anilines is 1. The molecule has 6 heteroatoms. The van der Waals surface area contributed by atoms with Crippen molar-refractivity contribution in [2.45, 2.75) is 12.5 Å². The Morgan fingerprint density at radius 2 is 2.20 bits per heavy atom. The van der Waals surface area contributed by atoms with E-state index in [0.29, 0.717) is 10.7 Å². The van der Waals surface area contributed by atoms with E-state index in [4.69, 9.17) is 28.2 Å². The van der Waals surface area contributed by atoms with Crippen molar-refractivity contribution in [2.24, 2.45) is 5.73 Å². The molecule has 0 bridgehead atoms. The van der Waals surface area contributed by atoms with E-state index in [1.54, 1.807) is 12.1 Å². The van der Waals surface area contributed by atoms with Gasteiger partial charge in [-0.15, -0.1) is 0 Å². The van der Waals surface area contributed by atoms with E-state index < -0.39 is 12.0 Å². The Morgan fingerprint density at radius 3 is 2.67 bits per heavy atom. The molecule has 1 rings (SSSR count). The Bertz CT molecular complexity index is 375. The number of carboxylic acids is 1. The Morgan fingerprint density at radius 1 is 1.60 bits per heavy atom. The van der Waals surface area contributed by atoms with Crippen LogP contribution in [-0.2, 0) is 11.2 Å². The van der Waals surface area contributed by atoms with Gasteiger partial charge >= 0.3 is 5.97 Å². The Labute approximate surface area is 106 Å². The van der Waals surface area contributed by atoms with Crippen LogP contribution in [0.2, 0.25) is 5.02 Å². The van der Waals surface area contributed by atoms with Crippen molar-refractivity contribution in [3.63, 3.8) is 0 Å². The molecular weight excluding hydrogens is 330 g/mol. The van der Waals surface area contributed by atoms with Crippen molar-refractivity contribution >= 4 is 45.8 Å². The molecule has 0 amide bonds. The molecule has 1 atom stereocenters. The first-order valence-electron chi connectivity index (χ1n) is 4.13. The number of hydrogen-bond acceptors (Lipinski definition) is 3. The largest absolute Gasteiger partial charge is 0.480 e. The predicted octanol–water partition coefficient (Wildman–Crippen LogP) is 1.48. The third-order valence-corrected chi connectivity index (χ3v) is 3.12. The third-order valence-electron chi connectivity index (χ3n) is 1.91. The van der Waals surface area contributed by atoms with Crippen molar-refractivity contribution in [1.29, 1.82) is 0 Å². The lowest BCUT2D eigenvalue weighted by Crippen LogP contribution is -2.32. The van der Waals surface area contributed by atoms with Gasteiger partial charge in [0, 0.05) is 3.57 Å². The van der Waals surface area contributed by atoms with E-state index in [1.807, 2.05) is 22.6 Å². The van der Waals surface area contributed by atoms with Crippen LogP contribution in [-0.4, -0.2) is 17.1 Å². The highest BCUT2D eigenvalue weighted by atomic mass is 127. The van der Waals surface area contributed by atoms with Crippen molar-refractivity contribution in [2.75, 3.05) is 5.73 Å². The van der Waals surface area contributed by atoms with Crippen LogP contribution >= 0.6 is 34.2 Å². The first-order chi connectivity index (χ1) is 6.91. The van der Waals surface area contributed by atoms with Crippen LogP contribution < -0.4 is 11.5 Å². The number of rotatable bonds is 3. The minimum Gasteiger partial charge on any atom is -0.480 e. The number of aliphatic carboxylic acids is 1. The van der Waals surface area contributed by atoms with Gasteiger partial charge in [0.05, 0.1) is 10.7 Å². The Balaban J connectivity index is 2.92. The molecule has 1 unspecified atom stereocenters. The summed E-state index contributed by atoms with van der Waals surface area (Å²) >= 11 is 7.91. The number of hydrogen-bond donors (Lipinski definition) is 3. The van der Waals surface area contributed by atoms with Crippen LogP contribution in [0.5, 0.6) is 0 Å². The fourth-order valence-corrected chi connectivity index (χ4v) is 2.19. The Hall–Kier alpha value is -0.530. The molecule has 4 nitrogen and oxygen atoms in total. The maximum Gasteiger partial charge on any atom is 0.320 e. The maximum absolute atomic E-state index is 10.6. The molecule has 82 valence electrons. The summed E-state index contributed by atoms with van der Waals surface area (Å²) in [7, 11) is 0. The topological polar surface area (TPSA) is 89.3 Å². The molecule has 15 heavy (non-hydrogen) atoms. The van der Waals surface area contributed by atoms with Crippen molar-refractivity contribution in [3.8, 4) is 0 Å². The molecule has 5 N–H and O–H groups in total. The quantitative estimate of drug-likeness (QED) is 0.574. The van der Waals surface area contributed by atoms with E-state index >= 15 is 0 Å². The smallest absolute Gasteiger partial charge is 0.320 e. The highest BCUT2D eigenvalue weighted by Crippen LogP contribution is 2.26. The first kappa shape index (κ1) is 12.5. The molecule has 0 radical (unpaired) electrons. The van der Waals surface area contributed by atoms with E-state index in [2.05, 4.69) is 0 Å². The van der Waals surface area contributed by atoms with Gasteiger partial charge < -0.3 is 16.6 Å². The van der Waals surface area contributed by atoms with E-state index in [0.717, 1.165) is 9.13 Å². The van der Waals surface area contributed by atoms with E-state index in [9.17, 15) is 4.79 Å².